The normalized spacial score (nSPS) is 21.3. The van der Waals surface area contributed by atoms with Crippen LogP contribution in [0.5, 0.6) is 0 Å². The quantitative estimate of drug-likeness (QED) is 0.682. The van der Waals surface area contributed by atoms with Crippen molar-refractivity contribution in [1.29, 1.82) is 0 Å². The molecule has 2 aromatic rings. The Morgan fingerprint density at radius 1 is 1.33 bits per heavy atom. The van der Waals surface area contributed by atoms with E-state index in [9.17, 15) is 4.79 Å². The van der Waals surface area contributed by atoms with E-state index < -0.39 is 0 Å². The molecule has 2 fully saturated rings. The minimum absolute atomic E-state index is 0.226. The fourth-order valence-electron chi connectivity index (χ4n) is 4.30. The van der Waals surface area contributed by atoms with Crippen molar-refractivity contribution in [2.75, 3.05) is 26.4 Å². The summed E-state index contributed by atoms with van der Waals surface area (Å²) in [4.78, 5) is 22.8. The zero-order valence-electron chi connectivity index (χ0n) is 16.1. The summed E-state index contributed by atoms with van der Waals surface area (Å²) < 4.78 is 0. The molecule has 0 radical (unpaired) electrons. The van der Waals surface area contributed by atoms with E-state index in [1.54, 1.807) is 23.1 Å². The number of nitrogens with zero attached hydrogens (tertiary/aromatic N) is 3. The van der Waals surface area contributed by atoms with Gasteiger partial charge in [0.15, 0.2) is 0 Å². The number of aromatic nitrogens is 1. The Kier molecular flexibility index (Phi) is 5.58. The molecule has 1 aromatic carbocycles. The fraction of sp³-hybridized carbons (Fsp3) is 0.524. The van der Waals surface area contributed by atoms with Crippen molar-refractivity contribution in [3.05, 3.63) is 46.4 Å². The van der Waals surface area contributed by atoms with E-state index in [2.05, 4.69) is 40.4 Å². The second-order valence-electron chi connectivity index (χ2n) is 7.92. The highest BCUT2D eigenvalue weighted by molar-refractivity contribution is 7.98. The molecule has 27 heavy (non-hydrogen) atoms. The number of carbonyl (C=O) groups excluding carboxylic acids is 1. The highest BCUT2D eigenvalue weighted by atomic mass is 32.2. The number of hydrogen-bond acceptors (Lipinski definition) is 5. The molecule has 0 N–H and O–H groups in total. The molecule has 4 rings (SSSR count). The van der Waals surface area contributed by atoms with E-state index in [-0.39, 0.29) is 11.3 Å². The van der Waals surface area contributed by atoms with Gasteiger partial charge in [0.25, 0.3) is 0 Å². The maximum Gasteiger partial charge on any atom is 0.226 e. The molecule has 1 amide bonds. The van der Waals surface area contributed by atoms with Crippen LogP contribution in [-0.2, 0) is 17.9 Å². The highest BCUT2D eigenvalue weighted by Gasteiger charge is 2.58. The summed E-state index contributed by atoms with van der Waals surface area (Å²) in [6, 6.07) is 8.90. The van der Waals surface area contributed by atoms with Gasteiger partial charge in [0.05, 0.1) is 17.7 Å². The van der Waals surface area contributed by atoms with Gasteiger partial charge in [-0.2, -0.15) is 0 Å². The number of rotatable bonds is 6. The van der Waals surface area contributed by atoms with Crippen molar-refractivity contribution >= 4 is 29.0 Å². The molecule has 1 saturated carbocycles. The molecule has 2 heterocycles. The topological polar surface area (TPSA) is 36.4 Å². The Balaban J connectivity index is 1.27. The second-order valence-corrected chi connectivity index (χ2v) is 9.52. The summed E-state index contributed by atoms with van der Waals surface area (Å²) in [5.74, 6) is 0.535. The maximum absolute atomic E-state index is 12.8. The molecule has 144 valence electrons. The number of hydrogen-bond donors (Lipinski definition) is 0. The van der Waals surface area contributed by atoms with Gasteiger partial charge in [-0.3, -0.25) is 9.69 Å². The number of thioether (sulfide) groups is 1. The van der Waals surface area contributed by atoms with Gasteiger partial charge < -0.3 is 4.90 Å². The van der Waals surface area contributed by atoms with Crippen molar-refractivity contribution < 1.29 is 4.79 Å². The van der Waals surface area contributed by atoms with Gasteiger partial charge in [-0.1, -0.05) is 12.1 Å². The third-order valence-corrected chi connectivity index (χ3v) is 7.54. The molecule has 1 aliphatic heterocycles. The van der Waals surface area contributed by atoms with E-state index in [1.807, 2.05) is 22.8 Å². The first-order chi connectivity index (χ1) is 13.1. The standard InChI is InChI=1S/C21H27N3OS2/c1-23(13-17-14-27-15-22-17)20(25)19-11-21(19)7-9-24(10-8-21)12-16-3-5-18(26-2)6-4-16/h3-6,14-15,19H,7-13H2,1-2H3. The number of benzene rings is 1. The van der Waals surface area contributed by atoms with Crippen molar-refractivity contribution in [2.24, 2.45) is 11.3 Å². The molecule has 1 aromatic heterocycles. The van der Waals surface area contributed by atoms with Crippen LogP contribution in [0.4, 0.5) is 0 Å². The van der Waals surface area contributed by atoms with Crippen LogP contribution in [0.3, 0.4) is 0 Å². The predicted octanol–water partition coefficient (Wildman–Crippen LogP) is 4.13. The molecular formula is C21H27N3OS2. The van der Waals surface area contributed by atoms with Gasteiger partial charge in [-0.15, -0.1) is 23.1 Å². The van der Waals surface area contributed by atoms with Crippen LogP contribution < -0.4 is 0 Å². The zero-order chi connectivity index (χ0) is 18.9. The van der Waals surface area contributed by atoms with Crippen molar-refractivity contribution in [1.82, 2.24) is 14.8 Å². The Morgan fingerprint density at radius 2 is 2.07 bits per heavy atom. The van der Waals surface area contributed by atoms with Gasteiger partial charge in [-0.05, 0) is 61.7 Å². The van der Waals surface area contributed by atoms with Crippen molar-refractivity contribution in [3.63, 3.8) is 0 Å². The lowest BCUT2D eigenvalue weighted by Crippen LogP contribution is -2.37. The number of likely N-dealkylation sites (tertiary alicyclic amines) is 1. The highest BCUT2D eigenvalue weighted by Crippen LogP contribution is 2.60. The smallest absolute Gasteiger partial charge is 0.226 e. The Labute approximate surface area is 170 Å². The fourth-order valence-corrected chi connectivity index (χ4v) is 5.26. The first-order valence-electron chi connectivity index (χ1n) is 9.57. The Hall–Kier alpha value is -1.37. The summed E-state index contributed by atoms with van der Waals surface area (Å²) in [5.41, 5.74) is 4.48. The van der Waals surface area contributed by atoms with Crippen LogP contribution in [0, 0.1) is 11.3 Å². The zero-order valence-corrected chi connectivity index (χ0v) is 17.7. The molecule has 6 heteroatoms. The molecule has 1 unspecified atom stereocenters. The van der Waals surface area contributed by atoms with Crippen LogP contribution in [0.15, 0.2) is 40.1 Å². The van der Waals surface area contributed by atoms with E-state index in [0.717, 1.165) is 44.6 Å². The van der Waals surface area contributed by atoms with Crippen LogP contribution in [0.2, 0.25) is 0 Å². The SMILES string of the molecule is CSc1ccc(CN2CCC3(CC2)CC3C(=O)N(C)Cc2cscn2)cc1. The summed E-state index contributed by atoms with van der Waals surface area (Å²) in [6.07, 6.45) is 5.48. The number of thiazole rings is 1. The predicted molar refractivity (Wildman–Crippen MR) is 112 cm³/mol. The summed E-state index contributed by atoms with van der Waals surface area (Å²) >= 11 is 3.37. The number of amides is 1. The van der Waals surface area contributed by atoms with E-state index in [1.165, 1.54) is 10.5 Å². The maximum atomic E-state index is 12.8. The summed E-state index contributed by atoms with van der Waals surface area (Å²) in [7, 11) is 1.92. The van der Waals surface area contributed by atoms with E-state index >= 15 is 0 Å². The minimum Gasteiger partial charge on any atom is -0.340 e. The van der Waals surface area contributed by atoms with Crippen LogP contribution in [-0.4, -0.2) is 47.1 Å². The van der Waals surface area contributed by atoms with Crippen LogP contribution in [0.1, 0.15) is 30.5 Å². The molecular weight excluding hydrogens is 374 g/mol. The van der Waals surface area contributed by atoms with Gasteiger partial charge in [0, 0.05) is 29.8 Å². The molecule has 4 nitrogen and oxygen atoms in total. The van der Waals surface area contributed by atoms with Crippen molar-refractivity contribution in [3.8, 4) is 0 Å². The number of carbonyl (C=O) groups is 1. The lowest BCUT2D eigenvalue weighted by Gasteiger charge is -2.33. The van der Waals surface area contributed by atoms with Gasteiger partial charge in [0.2, 0.25) is 5.91 Å². The first-order valence-corrected chi connectivity index (χ1v) is 11.7. The Bertz CT molecular complexity index is 767. The van der Waals surface area contributed by atoms with E-state index in [0.29, 0.717) is 12.5 Å². The first kappa shape index (κ1) is 19.0. The van der Waals surface area contributed by atoms with Gasteiger partial charge in [-0.25, -0.2) is 4.98 Å². The van der Waals surface area contributed by atoms with Gasteiger partial charge in [0.1, 0.15) is 0 Å². The Morgan fingerprint density at radius 3 is 2.70 bits per heavy atom. The monoisotopic (exact) mass is 401 g/mol. The molecule has 1 aliphatic carbocycles. The molecule has 1 atom stereocenters. The summed E-state index contributed by atoms with van der Waals surface area (Å²) in [6.45, 7) is 3.86. The number of piperidine rings is 1. The lowest BCUT2D eigenvalue weighted by atomic mass is 9.90. The molecule has 1 spiro atoms. The largest absolute Gasteiger partial charge is 0.340 e. The van der Waals surface area contributed by atoms with Crippen LogP contribution >= 0.6 is 23.1 Å². The molecule has 1 saturated heterocycles. The van der Waals surface area contributed by atoms with E-state index in [4.69, 9.17) is 0 Å². The molecule has 0 bridgehead atoms. The third kappa shape index (κ3) is 4.23. The second kappa shape index (κ2) is 7.94. The lowest BCUT2D eigenvalue weighted by molar-refractivity contribution is -0.133. The van der Waals surface area contributed by atoms with Gasteiger partial charge >= 0.3 is 0 Å². The summed E-state index contributed by atoms with van der Waals surface area (Å²) in [5, 5.41) is 2.02. The average molecular weight is 402 g/mol. The van der Waals surface area contributed by atoms with Crippen LogP contribution in [0.25, 0.3) is 0 Å². The van der Waals surface area contributed by atoms with Crippen molar-refractivity contribution in [2.45, 2.75) is 37.2 Å². The third-order valence-electron chi connectivity index (χ3n) is 6.16. The average Bonchev–Trinajstić information content (AvgIpc) is 3.13. The molecule has 2 aliphatic rings. The minimum atomic E-state index is 0.226.